The van der Waals surface area contributed by atoms with Crippen molar-refractivity contribution in [3.05, 3.63) is 47.7 Å². The van der Waals surface area contributed by atoms with Gasteiger partial charge in [-0.3, -0.25) is 9.59 Å². The molecule has 146 valence electrons. The Kier molecular flexibility index (Phi) is 7.08. The number of benzene rings is 1. The van der Waals surface area contributed by atoms with Crippen LogP contribution in [0, 0.1) is 5.92 Å². The van der Waals surface area contributed by atoms with Gasteiger partial charge < -0.3 is 9.80 Å². The van der Waals surface area contributed by atoms with Crippen molar-refractivity contribution in [2.75, 3.05) is 13.6 Å². The van der Waals surface area contributed by atoms with Crippen LogP contribution in [0.3, 0.4) is 0 Å². The molecule has 1 fully saturated rings. The molecule has 0 bridgehead atoms. The molecule has 4 nitrogen and oxygen atoms in total. The SMILES string of the molecule is CN(Cc1ccccc1)C(=O)CCCCC(=O)N1CCCC2CCCC=C21. The Morgan fingerprint density at radius 2 is 1.81 bits per heavy atom. The molecule has 0 spiro atoms. The molecule has 1 heterocycles. The largest absolute Gasteiger partial charge is 0.341 e. The zero-order chi connectivity index (χ0) is 19.1. The van der Waals surface area contributed by atoms with E-state index in [1.54, 1.807) is 4.90 Å². The molecule has 1 unspecified atom stereocenters. The summed E-state index contributed by atoms with van der Waals surface area (Å²) in [6.45, 7) is 1.52. The fraction of sp³-hybridized carbons (Fsp3) is 0.565. The van der Waals surface area contributed by atoms with Crippen molar-refractivity contribution in [1.82, 2.24) is 9.80 Å². The molecule has 1 atom stereocenters. The first-order valence-corrected chi connectivity index (χ1v) is 10.4. The Hall–Kier alpha value is -2.10. The molecule has 3 rings (SSSR count). The van der Waals surface area contributed by atoms with Crippen LogP contribution >= 0.6 is 0 Å². The van der Waals surface area contributed by atoms with Crippen LogP contribution < -0.4 is 0 Å². The number of allylic oxidation sites excluding steroid dienone is 2. The zero-order valence-corrected chi connectivity index (χ0v) is 16.5. The predicted octanol–water partition coefficient (Wildman–Crippen LogP) is 4.51. The third kappa shape index (κ3) is 5.44. The maximum Gasteiger partial charge on any atom is 0.226 e. The quantitative estimate of drug-likeness (QED) is 0.664. The highest BCUT2D eigenvalue weighted by Crippen LogP contribution is 2.35. The summed E-state index contributed by atoms with van der Waals surface area (Å²) in [6, 6.07) is 10.0. The summed E-state index contributed by atoms with van der Waals surface area (Å²) in [7, 11) is 1.85. The van der Waals surface area contributed by atoms with Gasteiger partial charge in [-0.05, 0) is 56.4 Å². The third-order valence-electron chi connectivity index (χ3n) is 5.80. The Morgan fingerprint density at radius 1 is 1.07 bits per heavy atom. The molecule has 1 aromatic rings. The van der Waals surface area contributed by atoms with E-state index in [1.807, 2.05) is 42.3 Å². The van der Waals surface area contributed by atoms with Crippen LogP contribution in [-0.2, 0) is 16.1 Å². The number of carbonyl (C=O) groups is 2. The molecule has 1 aromatic carbocycles. The number of hydrogen-bond donors (Lipinski definition) is 0. The van der Waals surface area contributed by atoms with Gasteiger partial charge in [0.15, 0.2) is 0 Å². The second-order valence-corrected chi connectivity index (χ2v) is 7.89. The van der Waals surface area contributed by atoms with Gasteiger partial charge in [0.1, 0.15) is 0 Å². The minimum atomic E-state index is 0.152. The van der Waals surface area contributed by atoms with Crippen LogP contribution in [0.1, 0.15) is 63.4 Å². The molecule has 0 radical (unpaired) electrons. The van der Waals surface area contributed by atoms with Gasteiger partial charge in [-0.25, -0.2) is 0 Å². The van der Waals surface area contributed by atoms with E-state index in [4.69, 9.17) is 0 Å². The fourth-order valence-electron chi connectivity index (χ4n) is 4.27. The average molecular weight is 369 g/mol. The number of likely N-dealkylation sites (tertiary alicyclic amines) is 1. The second kappa shape index (κ2) is 9.72. The van der Waals surface area contributed by atoms with Crippen molar-refractivity contribution in [1.29, 1.82) is 0 Å². The number of nitrogens with zero attached hydrogens (tertiary/aromatic N) is 2. The monoisotopic (exact) mass is 368 g/mol. The van der Waals surface area contributed by atoms with E-state index in [0.717, 1.165) is 37.8 Å². The van der Waals surface area contributed by atoms with Crippen LogP contribution in [0.2, 0.25) is 0 Å². The van der Waals surface area contributed by atoms with Gasteiger partial charge in [-0.15, -0.1) is 0 Å². The van der Waals surface area contributed by atoms with Gasteiger partial charge >= 0.3 is 0 Å². The van der Waals surface area contributed by atoms with Gasteiger partial charge in [0.25, 0.3) is 0 Å². The third-order valence-corrected chi connectivity index (χ3v) is 5.80. The molecule has 1 saturated heterocycles. The fourth-order valence-corrected chi connectivity index (χ4v) is 4.27. The lowest BCUT2D eigenvalue weighted by molar-refractivity contribution is -0.132. The van der Waals surface area contributed by atoms with E-state index in [-0.39, 0.29) is 11.8 Å². The number of rotatable bonds is 7. The molecular weight excluding hydrogens is 336 g/mol. The maximum absolute atomic E-state index is 12.7. The zero-order valence-electron chi connectivity index (χ0n) is 16.5. The van der Waals surface area contributed by atoms with Crippen LogP contribution in [0.4, 0.5) is 0 Å². The van der Waals surface area contributed by atoms with Gasteiger partial charge in [0.05, 0.1) is 0 Å². The highest BCUT2D eigenvalue weighted by atomic mass is 16.2. The summed E-state index contributed by atoms with van der Waals surface area (Å²) in [5.41, 5.74) is 2.43. The topological polar surface area (TPSA) is 40.6 Å². The van der Waals surface area contributed by atoms with Gasteiger partial charge in [-0.1, -0.05) is 36.4 Å². The first-order valence-electron chi connectivity index (χ1n) is 10.4. The summed E-state index contributed by atoms with van der Waals surface area (Å²) < 4.78 is 0. The van der Waals surface area contributed by atoms with Crippen LogP contribution in [-0.4, -0.2) is 35.2 Å². The number of unbranched alkanes of at least 4 members (excludes halogenated alkanes) is 1. The van der Waals surface area contributed by atoms with E-state index in [0.29, 0.717) is 25.3 Å². The predicted molar refractivity (Wildman–Crippen MR) is 108 cm³/mol. The van der Waals surface area contributed by atoms with Crippen molar-refractivity contribution in [2.45, 2.75) is 64.3 Å². The van der Waals surface area contributed by atoms with Crippen LogP contribution in [0.25, 0.3) is 0 Å². The summed E-state index contributed by atoms with van der Waals surface area (Å²) >= 11 is 0. The van der Waals surface area contributed by atoms with Gasteiger partial charge in [0.2, 0.25) is 11.8 Å². The van der Waals surface area contributed by atoms with Crippen molar-refractivity contribution in [3.63, 3.8) is 0 Å². The molecule has 2 amide bonds. The minimum Gasteiger partial charge on any atom is -0.341 e. The highest BCUT2D eigenvalue weighted by molar-refractivity contribution is 5.78. The lowest BCUT2D eigenvalue weighted by atomic mass is 9.85. The van der Waals surface area contributed by atoms with Gasteiger partial charge in [0, 0.05) is 38.7 Å². The first-order chi connectivity index (χ1) is 13.1. The lowest BCUT2D eigenvalue weighted by Gasteiger charge is -2.38. The van der Waals surface area contributed by atoms with E-state index in [1.165, 1.54) is 25.0 Å². The van der Waals surface area contributed by atoms with Gasteiger partial charge in [-0.2, -0.15) is 0 Å². The molecule has 0 aromatic heterocycles. The maximum atomic E-state index is 12.7. The molecule has 4 heteroatoms. The van der Waals surface area contributed by atoms with E-state index < -0.39 is 0 Å². The number of hydrogen-bond acceptors (Lipinski definition) is 2. The van der Waals surface area contributed by atoms with E-state index in [9.17, 15) is 9.59 Å². The molecule has 0 saturated carbocycles. The average Bonchev–Trinajstić information content (AvgIpc) is 2.71. The lowest BCUT2D eigenvalue weighted by Crippen LogP contribution is -2.38. The highest BCUT2D eigenvalue weighted by Gasteiger charge is 2.29. The standard InChI is InChI=1S/C23H32N2O2/c1-24(18-19-10-3-2-4-11-19)22(26)15-7-8-16-23(27)25-17-9-13-20-12-5-6-14-21(20)25/h2-4,10-11,14,20H,5-9,12-13,15-18H2,1H3. The molecule has 0 N–H and O–H groups in total. The molecule has 1 aliphatic heterocycles. The first kappa shape index (κ1) is 19.7. The molecule has 27 heavy (non-hydrogen) atoms. The Balaban J connectivity index is 1.38. The number of amides is 2. The summed E-state index contributed by atoms with van der Waals surface area (Å²) in [5, 5.41) is 0. The van der Waals surface area contributed by atoms with Crippen molar-refractivity contribution in [2.24, 2.45) is 5.92 Å². The van der Waals surface area contributed by atoms with Crippen LogP contribution in [0.5, 0.6) is 0 Å². The molecule has 1 aliphatic carbocycles. The summed E-state index contributed by atoms with van der Waals surface area (Å²) in [5.74, 6) is 1.00. The Morgan fingerprint density at radius 3 is 2.63 bits per heavy atom. The smallest absolute Gasteiger partial charge is 0.226 e. The summed E-state index contributed by atoms with van der Waals surface area (Å²) in [6.07, 6.45) is 10.9. The van der Waals surface area contributed by atoms with Crippen molar-refractivity contribution >= 4 is 11.8 Å². The van der Waals surface area contributed by atoms with E-state index >= 15 is 0 Å². The minimum absolute atomic E-state index is 0.152. The molecule has 2 aliphatic rings. The number of fused-ring (bicyclic) bond motifs is 1. The van der Waals surface area contributed by atoms with Crippen LogP contribution in [0.15, 0.2) is 42.1 Å². The Bertz CT molecular complexity index is 668. The number of piperidine rings is 1. The summed E-state index contributed by atoms with van der Waals surface area (Å²) in [4.78, 5) is 28.8. The Labute approximate surface area is 163 Å². The van der Waals surface area contributed by atoms with Crippen molar-refractivity contribution < 1.29 is 9.59 Å². The van der Waals surface area contributed by atoms with Crippen molar-refractivity contribution in [3.8, 4) is 0 Å². The second-order valence-electron chi connectivity index (χ2n) is 7.89. The number of carbonyl (C=O) groups excluding carboxylic acids is 2. The van der Waals surface area contributed by atoms with E-state index in [2.05, 4.69) is 6.08 Å². The normalized spacial score (nSPS) is 19.2. The molecular formula is C23H32N2O2.